The minimum absolute atomic E-state index is 0. The maximum atomic E-state index is 8.52. The summed E-state index contributed by atoms with van der Waals surface area (Å²) in [7, 11) is -5.17. The Labute approximate surface area is 90.3 Å². The fraction of sp³-hybridized carbons (Fsp3) is 0.143. The Morgan fingerprint density at radius 2 is 1.38 bits per heavy atom. The molecule has 1 aromatic carbocycles. The van der Waals surface area contributed by atoms with Crippen LogP contribution in [0, 0.1) is 6.92 Å². The van der Waals surface area contributed by atoms with Gasteiger partial charge in [0.2, 0.25) is 0 Å². The van der Waals surface area contributed by atoms with Gasteiger partial charge in [-0.15, -0.1) is 0 Å². The van der Waals surface area contributed by atoms with E-state index in [1.54, 1.807) is 0 Å². The van der Waals surface area contributed by atoms with Crippen molar-refractivity contribution >= 4 is 10.4 Å². The summed E-state index contributed by atoms with van der Waals surface area (Å²) < 4.78 is 34.1. The van der Waals surface area contributed by atoms with E-state index in [1.165, 1.54) is 5.56 Å². The first-order chi connectivity index (χ1) is 5.39. The van der Waals surface area contributed by atoms with Crippen LogP contribution >= 0.6 is 0 Å². The van der Waals surface area contributed by atoms with Crippen molar-refractivity contribution in [1.29, 1.82) is 0 Å². The molecule has 0 N–H and O–H groups in total. The monoisotopic (exact) mass is 252 g/mol. The third-order valence-electron chi connectivity index (χ3n) is 0.940. The van der Waals surface area contributed by atoms with Crippen LogP contribution in [0.15, 0.2) is 30.3 Å². The first-order valence-electron chi connectivity index (χ1n) is 3.08. The zero-order chi connectivity index (χ0) is 9.61. The first kappa shape index (κ1) is 15.2. The second-order valence-electron chi connectivity index (χ2n) is 2.06. The smallest absolute Gasteiger partial charge is 0.759 e. The molecule has 1 rings (SSSR count). The van der Waals surface area contributed by atoms with Gasteiger partial charge in [-0.1, -0.05) is 35.9 Å². The van der Waals surface area contributed by atoms with Crippen molar-refractivity contribution in [1.82, 2.24) is 0 Å². The molecule has 4 nitrogen and oxygen atoms in total. The van der Waals surface area contributed by atoms with Gasteiger partial charge in [-0.2, -0.15) is 0 Å². The largest absolute Gasteiger partial charge is 2.00 e. The molecule has 0 aliphatic carbocycles. The molecular formula is C7H8O4SZn. The van der Waals surface area contributed by atoms with Gasteiger partial charge in [-0.25, -0.2) is 0 Å². The third-order valence-corrected chi connectivity index (χ3v) is 0.940. The second kappa shape index (κ2) is 7.15. The zero-order valence-electron chi connectivity index (χ0n) is 7.14. The molecule has 0 aromatic heterocycles. The van der Waals surface area contributed by atoms with E-state index >= 15 is 0 Å². The molecule has 6 heteroatoms. The molecule has 0 unspecified atom stereocenters. The molecule has 0 heterocycles. The van der Waals surface area contributed by atoms with Crippen molar-refractivity contribution in [3.63, 3.8) is 0 Å². The topological polar surface area (TPSA) is 80.3 Å². The summed E-state index contributed by atoms with van der Waals surface area (Å²) in [5, 5.41) is 0. The fourth-order valence-corrected chi connectivity index (χ4v) is 0.534. The summed E-state index contributed by atoms with van der Waals surface area (Å²) in [5.41, 5.74) is 1.32. The van der Waals surface area contributed by atoms with E-state index in [4.69, 9.17) is 17.5 Å². The molecular weight excluding hydrogens is 246 g/mol. The predicted octanol–water partition coefficient (Wildman–Crippen LogP) is 0.655. The number of aryl methyl sites for hydroxylation is 1. The van der Waals surface area contributed by atoms with Crippen LogP contribution in [0.2, 0.25) is 0 Å². The molecule has 0 spiro atoms. The van der Waals surface area contributed by atoms with Gasteiger partial charge in [0.15, 0.2) is 0 Å². The minimum Gasteiger partial charge on any atom is -0.759 e. The molecule has 0 amide bonds. The molecule has 0 saturated heterocycles. The Balaban J connectivity index is 0. The van der Waals surface area contributed by atoms with Crippen molar-refractivity contribution in [2.45, 2.75) is 6.92 Å². The van der Waals surface area contributed by atoms with E-state index in [2.05, 4.69) is 19.1 Å². The van der Waals surface area contributed by atoms with Crippen LogP contribution in [0.3, 0.4) is 0 Å². The first-order valence-corrected chi connectivity index (χ1v) is 4.41. The molecule has 0 aliphatic heterocycles. The van der Waals surface area contributed by atoms with Crippen molar-refractivity contribution in [2.24, 2.45) is 0 Å². The Hall–Kier alpha value is -0.287. The summed E-state index contributed by atoms with van der Waals surface area (Å²) >= 11 is 0. The van der Waals surface area contributed by atoms with Crippen LogP contribution in [0.4, 0.5) is 0 Å². The molecule has 0 bridgehead atoms. The molecule has 0 saturated carbocycles. The van der Waals surface area contributed by atoms with Crippen LogP contribution < -0.4 is 0 Å². The van der Waals surface area contributed by atoms with Gasteiger partial charge in [0, 0.05) is 10.4 Å². The summed E-state index contributed by atoms with van der Waals surface area (Å²) in [6, 6.07) is 10.3. The molecule has 0 aliphatic rings. The normalized spacial score (nSPS) is 9.15. The summed E-state index contributed by atoms with van der Waals surface area (Å²) in [4.78, 5) is 0. The Bertz CT molecular complexity index is 301. The van der Waals surface area contributed by atoms with Crippen molar-refractivity contribution in [3.8, 4) is 0 Å². The Morgan fingerprint density at radius 3 is 1.54 bits per heavy atom. The average Bonchev–Trinajstić information content (AvgIpc) is 1.85. The summed E-state index contributed by atoms with van der Waals surface area (Å²) in [5.74, 6) is 0. The van der Waals surface area contributed by atoms with E-state index < -0.39 is 10.4 Å². The number of rotatable bonds is 0. The van der Waals surface area contributed by atoms with Gasteiger partial charge in [-0.3, -0.25) is 8.42 Å². The Kier molecular flexibility index (Phi) is 8.36. The quantitative estimate of drug-likeness (QED) is 0.386. The van der Waals surface area contributed by atoms with Crippen molar-refractivity contribution < 1.29 is 37.0 Å². The summed E-state index contributed by atoms with van der Waals surface area (Å²) in [6.07, 6.45) is 0. The van der Waals surface area contributed by atoms with E-state index in [-0.39, 0.29) is 19.5 Å². The van der Waals surface area contributed by atoms with Crippen LogP contribution in [-0.2, 0) is 29.9 Å². The van der Waals surface area contributed by atoms with E-state index in [0.717, 1.165) is 0 Å². The van der Waals surface area contributed by atoms with Gasteiger partial charge < -0.3 is 9.11 Å². The molecule has 0 atom stereocenters. The maximum absolute atomic E-state index is 8.52. The maximum Gasteiger partial charge on any atom is 2.00 e. The molecule has 0 fully saturated rings. The second-order valence-corrected chi connectivity index (χ2v) is 2.88. The predicted molar refractivity (Wildman–Crippen MR) is 41.7 cm³/mol. The third kappa shape index (κ3) is 18.6. The van der Waals surface area contributed by atoms with Crippen LogP contribution in [-0.4, -0.2) is 17.5 Å². The molecule has 0 radical (unpaired) electrons. The van der Waals surface area contributed by atoms with Gasteiger partial charge in [0.25, 0.3) is 0 Å². The van der Waals surface area contributed by atoms with Crippen LogP contribution in [0.5, 0.6) is 0 Å². The SMILES string of the molecule is Cc1ccccc1.O=S(=O)([O-])[O-].[Zn+2]. The van der Waals surface area contributed by atoms with Gasteiger partial charge in [0.1, 0.15) is 0 Å². The number of hydrogen-bond acceptors (Lipinski definition) is 4. The van der Waals surface area contributed by atoms with Crippen molar-refractivity contribution in [3.05, 3.63) is 35.9 Å². The minimum atomic E-state index is -5.17. The van der Waals surface area contributed by atoms with E-state index in [1.807, 2.05) is 18.2 Å². The molecule has 13 heavy (non-hydrogen) atoms. The summed E-state index contributed by atoms with van der Waals surface area (Å²) in [6.45, 7) is 2.08. The number of benzene rings is 1. The molecule has 68 valence electrons. The molecule has 1 aromatic rings. The Morgan fingerprint density at radius 1 is 1.08 bits per heavy atom. The van der Waals surface area contributed by atoms with Crippen LogP contribution in [0.25, 0.3) is 0 Å². The average molecular weight is 254 g/mol. The van der Waals surface area contributed by atoms with E-state index in [9.17, 15) is 0 Å². The van der Waals surface area contributed by atoms with Gasteiger partial charge in [-0.05, 0) is 6.92 Å². The van der Waals surface area contributed by atoms with Crippen molar-refractivity contribution in [2.75, 3.05) is 0 Å². The number of hydrogen-bond donors (Lipinski definition) is 0. The standard InChI is InChI=1S/C7H8.H2O4S.Zn/c1-7-5-3-2-4-6-7;1-5(2,3)4;/h2-6H,1H3;(H2,1,2,3,4);/q;;+2/p-2. The van der Waals surface area contributed by atoms with Gasteiger partial charge >= 0.3 is 19.5 Å². The fourth-order valence-electron chi connectivity index (χ4n) is 0.534. The van der Waals surface area contributed by atoms with Gasteiger partial charge in [0.05, 0.1) is 0 Å². The van der Waals surface area contributed by atoms with Crippen LogP contribution in [0.1, 0.15) is 5.56 Å². The zero-order valence-corrected chi connectivity index (χ0v) is 10.9. The van der Waals surface area contributed by atoms with E-state index in [0.29, 0.717) is 0 Å².